The fourth-order valence-corrected chi connectivity index (χ4v) is 12.0. The average molecular weight is 1210 g/mol. The van der Waals surface area contributed by atoms with Gasteiger partial charge in [0.25, 0.3) is 5.91 Å². The number of ketones is 3. The molecule has 0 radical (unpaired) electrons. The van der Waals surface area contributed by atoms with Gasteiger partial charge in [-0.05, 0) is 168 Å². The third-order valence-corrected chi connectivity index (χ3v) is 17.8. The predicted molar refractivity (Wildman–Crippen MR) is 332 cm³/mol. The Kier molecular flexibility index (Phi) is 26.7. The topological polar surface area (TPSA) is 232 Å². The number of hydrogen-bond donors (Lipinski definition) is 3. The molecule has 0 spiro atoms. The summed E-state index contributed by atoms with van der Waals surface area (Å²) < 4.78 is 46.6. The highest BCUT2D eigenvalue weighted by Gasteiger charge is 2.41. The van der Waals surface area contributed by atoms with E-state index in [0.717, 1.165) is 22.3 Å². The van der Waals surface area contributed by atoms with Crippen molar-refractivity contribution in [1.82, 2.24) is 19.8 Å². The molecule has 1 aliphatic rings. The molecule has 4 aromatic carbocycles. The van der Waals surface area contributed by atoms with Crippen LogP contribution in [0.15, 0.2) is 102 Å². The molecule has 1 heterocycles. The summed E-state index contributed by atoms with van der Waals surface area (Å²) in [5.74, 6) is -3.43. The first-order chi connectivity index (χ1) is 40.6. The molecule has 1 unspecified atom stereocenters. The summed E-state index contributed by atoms with van der Waals surface area (Å²) in [5.41, 5.74) is 3.81. The average Bonchev–Trinajstić information content (AvgIpc) is 2.92. The van der Waals surface area contributed by atoms with Crippen molar-refractivity contribution in [3.8, 4) is 5.75 Å². The normalized spacial score (nSPS) is 15.3. The minimum absolute atomic E-state index is 0.0223. The molecule has 470 valence electrons. The van der Waals surface area contributed by atoms with Crippen LogP contribution in [0.5, 0.6) is 5.75 Å². The zero-order valence-corrected chi connectivity index (χ0v) is 53.4. The highest BCUT2D eigenvalue weighted by atomic mass is 32.2. The van der Waals surface area contributed by atoms with Crippen molar-refractivity contribution in [3.63, 3.8) is 0 Å². The number of ether oxygens (including phenoxy) is 3. The Labute approximate surface area is 510 Å². The second-order valence-electron chi connectivity index (χ2n) is 25.0. The molecule has 1 aliphatic heterocycles. The van der Waals surface area contributed by atoms with Crippen LogP contribution in [0, 0.1) is 31.1 Å². The van der Waals surface area contributed by atoms with Gasteiger partial charge in [-0.3, -0.25) is 24.0 Å². The van der Waals surface area contributed by atoms with E-state index in [1.54, 1.807) is 58.9 Å². The number of aryl methyl sites for hydroxylation is 3. The lowest BCUT2D eigenvalue weighted by molar-refractivity contribution is -0.164. The van der Waals surface area contributed by atoms with Crippen molar-refractivity contribution in [1.29, 1.82) is 0 Å². The molecule has 0 aliphatic carbocycles. The first kappa shape index (κ1) is 70.0. The van der Waals surface area contributed by atoms with Crippen LogP contribution in [-0.2, 0) is 67.5 Å². The van der Waals surface area contributed by atoms with Gasteiger partial charge in [0.15, 0.2) is 5.78 Å². The van der Waals surface area contributed by atoms with E-state index in [2.05, 4.69) is 16.7 Å². The maximum Gasteiger partial charge on any atom is 0.407 e. The molecule has 3 N–H and O–H groups in total. The Hall–Kier alpha value is -6.76. The van der Waals surface area contributed by atoms with E-state index in [1.807, 2.05) is 89.2 Å². The number of esters is 1. The number of rotatable bonds is 33. The van der Waals surface area contributed by atoms with Crippen LogP contribution in [-0.4, -0.2) is 121 Å². The Morgan fingerprint density at radius 1 is 0.791 bits per heavy atom. The first-order valence-electron chi connectivity index (χ1n) is 30.5. The fraction of sp³-hybridized carbons (Fsp3) is 0.544. The van der Waals surface area contributed by atoms with Crippen molar-refractivity contribution in [3.05, 3.63) is 130 Å². The highest BCUT2D eigenvalue weighted by molar-refractivity contribution is 7.89. The third-order valence-electron chi connectivity index (χ3n) is 15.9. The van der Waals surface area contributed by atoms with Gasteiger partial charge in [-0.1, -0.05) is 107 Å². The largest absolute Gasteiger partial charge is 0.497 e. The Bertz CT molecular complexity index is 3030. The molecule has 1 saturated heterocycles. The van der Waals surface area contributed by atoms with Gasteiger partial charge in [-0.25, -0.2) is 18.0 Å². The number of nitrogens with one attached hydrogen (secondary N) is 2. The smallest absolute Gasteiger partial charge is 0.407 e. The molecule has 5 rings (SSSR count). The van der Waals surface area contributed by atoms with E-state index in [4.69, 9.17) is 14.2 Å². The predicted octanol–water partition coefficient (Wildman–Crippen LogP) is 10.5. The van der Waals surface area contributed by atoms with Crippen LogP contribution in [0.25, 0.3) is 0 Å². The number of methoxy groups -OCH3 is 1. The summed E-state index contributed by atoms with van der Waals surface area (Å²) in [7, 11) is -2.63. The van der Waals surface area contributed by atoms with E-state index < -0.39 is 80.9 Å². The minimum atomic E-state index is -4.12. The van der Waals surface area contributed by atoms with Crippen molar-refractivity contribution in [2.45, 2.75) is 194 Å². The number of hydrogen-bond acceptors (Lipinski definition) is 13. The molecule has 18 heteroatoms. The molecule has 0 saturated carbocycles. The molecule has 4 aromatic rings. The van der Waals surface area contributed by atoms with Crippen molar-refractivity contribution in [2.24, 2.45) is 17.3 Å². The van der Waals surface area contributed by atoms with Gasteiger partial charge >= 0.3 is 12.1 Å². The lowest BCUT2D eigenvalue weighted by atomic mass is 9.84. The quantitative estimate of drug-likeness (QED) is 0.0229. The number of likely N-dealkylation sites (tertiary alicyclic amines) is 1. The molecular formula is C68H94N4O13S. The summed E-state index contributed by atoms with van der Waals surface area (Å²) in [6.07, 6.45) is 0.971. The molecule has 17 nitrogen and oxygen atoms in total. The second kappa shape index (κ2) is 32.8. The summed E-state index contributed by atoms with van der Waals surface area (Å²) in [4.78, 5) is 97.6. The van der Waals surface area contributed by atoms with Crippen molar-refractivity contribution in [2.75, 3.05) is 33.3 Å². The number of Topliss-reactive ketones (excluding diaryl/α,β-unsaturated/α-hetero) is 3. The van der Waals surface area contributed by atoms with E-state index in [1.165, 1.54) is 28.4 Å². The first-order valence-corrected chi connectivity index (χ1v) is 31.9. The number of aliphatic hydroxyl groups excluding tert-OH is 1. The molecular weight excluding hydrogens is 1110 g/mol. The number of benzene rings is 4. The fourth-order valence-electron chi connectivity index (χ4n) is 10.4. The summed E-state index contributed by atoms with van der Waals surface area (Å²) in [6.45, 7) is 18.7. The van der Waals surface area contributed by atoms with Gasteiger partial charge in [0.2, 0.25) is 21.7 Å². The van der Waals surface area contributed by atoms with E-state index in [9.17, 15) is 47.1 Å². The number of sulfonamides is 1. The summed E-state index contributed by atoms with van der Waals surface area (Å²) in [6, 6.07) is 26.7. The maximum atomic E-state index is 14.7. The van der Waals surface area contributed by atoms with Gasteiger partial charge in [0.05, 0.1) is 24.2 Å². The number of carbonyl (C=O) groups is 7. The summed E-state index contributed by atoms with van der Waals surface area (Å²) >= 11 is 0. The van der Waals surface area contributed by atoms with Gasteiger partial charge in [0.1, 0.15) is 29.3 Å². The zero-order valence-electron chi connectivity index (χ0n) is 52.6. The standard InChI is InChI=1S/C68H94N4O13S/c1-12-68(9,10)63(77)64(78)72-38-19-17-26-58(72)65(79)84-61(35-29-50-28-27-47(4)48(5)39-50)52-24-20-23-51(41-52)42-54(73)30-36-62(76)70-57(25-16-18-37-69-66(80)85-67(6,7)8)59(74)43-53(40-49-21-14-13-15-22-49)60(75)45-71(44-46(2)3)86(81,82)56-33-31-55(83-11)32-34-56/h13-15,20-24,27-28,31-34,39,41,46,53,57-58,60-61,75H,12,16-19,25-26,29-30,35-38,40,42-45H2,1-11H3,(H,69,80)(H,70,76)/t53-,57?,58-,60-,61+/m0/s1. The number of alkyl carbamates (subject to hydrolysis) is 1. The Morgan fingerprint density at radius 3 is 2.14 bits per heavy atom. The maximum absolute atomic E-state index is 14.7. The number of nitrogens with zero attached hydrogens (tertiary/aromatic N) is 2. The van der Waals surface area contributed by atoms with E-state index >= 15 is 0 Å². The number of carbonyl (C=O) groups excluding carboxylic acids is 7. The van der Waals surface area contributed by atoms with Crippen LogP contribution >= 0.6 is 0 Å². The summed E-state index contributed by atoms with van der Waals surface area (Å²) in [5, 5.41) is 17.7. The van der Waals surface area contributed by atoms with Crippen molar-refractivity contribution < 1.29 is 61.3 Å². The zero-order chi connectivity index (χ0) is 63.4. The highest BCUT2D eigenvalue weighted by Crippen LogP contribution is 2.31. The molecule has 5 atom stereocenters. The number of unbranched alkanes of at least 4 members (excludes halogenated alkanes) is 1. The lowest BCUT2D eigenvalue weighted by Gasteiger charge is -2.36. The SMILES string of the molecule is CCC(C)(C)C(=O)C(=O)N1CCCC[C@H]1C(=O)O[C@H](CCc1ccc(C)c(C)c1)c1cccc(CC(=O)CCC(=O)NC(CCCCNC(=O)OC(C)(C)C)C(=O)C[C@H](Cc2ccccc2)[C@@H](O)CN(CC(C)C)S(=O)(=O)c2ccc(OC)cc2)c1. The third kappa shape index (κ3) is 21.9. The molecule has 86 heavy (non-hydrogen) atoms. The van der Waals surface area contributed by atoms with E-state index in [-0.39, 0.29) is 87.1 Å². The molecule has 1 fully saturated rings. The van der Waals surface area contributed by atoms with Crippen molar-refractivity contribution >= 4 is 51.2 Å². The van der Waals surface area contributed by atoms with Gasteiger partial charge < -0.3 is 34.9 Å². The Morgan fingerprint density at radius 2 is 1.49 bits per heavy atom. The van der Waals surface area contributed by atoms with Crippen LogP contribution < -0.4 is 15.4 Å². The molecule has 3 amide bonds. The lowest BCUT2D eigenvalue weighted by Crippen LogP contribution is -2.53. The van der Waals surface area contributed by atoms with Gasteiger partial charge in [-0.15, -0.1) is 0 Å². The molecule has 0 aromatic heterocycles. The van der Waals surface area contributed by atoms with Crippen LogP contribution in [0.4, 0.5) is 4.79 Å². The molecule has 0 bridgehead atoms. The Balaban J connectivity index is 1.33. The van der Waals surface area contributed by atoms with Gasteiger partial charge in [0, 0.05) is 57.3 Å². The van der Waals surface area contributed by atoms with Crippen LogP contribution in [0.2, 0.25) is 0 Å². The monoisotopic (exact) mass is 1210 g/mol. The second-order valence-corrected chi connectivity index (χ2v) is 27.0. The van der Waals surface area contributed by atoms with E-state index in [0.29, 0.717) is 68.2 Å². The number of aliphatic hydroxyl groups is 1. The number of piperidine rings is 1. The number of amides is 3. The van der Waals surface area contributed by atoms with Crippen LogP contribution in [0.1, 0.15) is 166 Å². The minimum Gasteiger partial charge on any atom is -0.497 e. The van der Waals surface area contributed by atoms with Crippen LogP contribution in [0.3, 0.4) is 0 Å². The van der Waals surface area contributed by atoms with Gasteiger partial charge in [-0.2, -0.15) is 4.31 Å².